The zero-order chi connectivity index (χ0) is 18.0. The van der Waals surface area contributed by atoms with Crippen molar-refractivity contribution in [1.82, 2.24) is 10.4 Å². The fraction of sp³-hybridized carbons (Fsp3) is 0. The Kier molecular flexibility index (Phi) is 4.73. The van der Waals surface area contributed by atoms with E-state index in [0.29, 0.717) is 4.91 Å². The highest BCUT2D eigenvalue weighted by atomic mass is 32.2. The molecular weight excluding hydrogens is 360 g/mol. The summed E-state index contributed by atoms with van der Waals surface area (Å²) in [5.74, 6) is -0.928. The average Bonchev–Trinajstić information content (AvgIpc) is 2.84. The number of rotatable bonds is 3. The molecule has 1 aliphatic heterocycles. The second kappa shape index (κ2) is 6.96. The normalized spacial score (nSPS) is 15.7. The standard InChI is InChI=1S/C17H12N2O4S2/c20-12-6-4-10(5-7-12)8-14-16(23)19(17(24)25-14)18-15(22)11-2-1-3-13(21)9-11/h1-9,20-21H,(H,18,22)/b14-8-. The van der Waals surface area contributed by atoms with Crippen LogP contribution in [-0.4, -0.2) is 31.4 Å². The largest absolute Gasteiger partial charge is 0.508 e. The van der Waals surface area contributed by atoms with Gasteiger partial charge >= 0.3 is 0 Å². The van der Waals surface area contributed by atoms with Gasteiger partial charge in [0.05, 0.1) is 4.91 Å². The van der Waals surface area contributed by atoms with Crippen LogP contribution in [0.4, 0.5) is 0 Å². The lowest BCUT2D eigenvalue weighted by molar-refractivity contribution is -0.123. The minimum atomic E-state index is -0.557. The zero-order valence-electron chi connectivity index (χ0n) is 12.7. The quantitative estimate of drug-likeness (QED) is 0.567. The average molecular weight is 372 g/mol. The molecule has 1 heterocycles. The van der Waals surface area contributed by atoms with Crippen LogP contribution in [0.2, 0.25) is 0 Å². The third-order valence-electron chi connectivity index (χ3n) is 3.31. The number of aromatic hydroxyl groups is 2. The summed E-state index contributed by atoms with van der Waals surface area (Å²) in [6.45, 7) is 0. The van der Waals surface area contributed by atoms with Crippen LogP contribution >= 0.6 is 24.0 Å². The van der Waals surface area contributed by atoms with Crippen LogP contribution in [0.15, 0.2) is 53.4 Å². The summed E-state index contributed by atoms with van der Waals surface area (Å²) in [6, 6.07) is 12.1. The molecule has 0 bridgehead atoms. The molecule has 1 aliphatic rings. The van der Waals surface area contributed by atoms with Crippen molar-refractivity contribution in [2.45, 2.75) is 0 Å². The van der Waals surface area contributed by atoms with E-state index in [1.165, 1.54) is 36.4 Å². The number of thiocarbonyl (C=S) groups is 1. The first-order chi connectivity index (χ1) is 11.9. The van der Waals surface area contributed by atoms with Gasteiger partial charge in [-0.25, -0.2) is 0 Å². The Balaban J connectivity index is 1.77. The van der Waals surface area contributed by atoms with E-state index in [9.17, 15) is 19.8 Å². The van der Waals surface area contributed by atoms with E-state index in [1.807, 2.05) is 0 Å². The number of benzene rings is 2. The molecule has 1 fully saturated rings. The van der Waals surface area contributed by atoms with Crippen LogP contribution in [-0.2, 0) is 4.79 Å². The molecule has 2 aromatic rings. The number of hydrogen-bond acceptors (Lipinski definition) is 6. The van der Waals surface area contributed by atoms with Crippen LogP contribution in [0, 0.1) is 0 Å². The lowest BCUT2D eigenvalue weighted by Crippen LogP contribution is -2.44. The van der Waals surface area contributed by atoms with Crippen molar-refractivity contribution in [2.75, 3.05) is 0 Å². The molecule has 126 valence electrons. The van der Waals surface area contributed by atoms with Crippen LogP contribution in [0.5, 0.6) is 11.5 Å². The van der Waals surface area contributed by atoms with Gasteiger partial charge < -0.3 is 10.2 Å². The van der Waals surface area contributed by atoms with Crippen LogP contribution in [0.1, 0.15) is 15.9 Å². The van der Waals surface area contributed by atoms with Gasteiger partial charge in [0, 0.05) is 5.56 Å². The number of thioether (sulfide) groups is 1. The fourth-order valence-corrected chi connectivity index (χ4v) is 3.28. The molecule has 6 nitrogen and oxygen atoms in total. The van der Waals surface area contributed by atoms with Crippen molar-refractivity contribution < 1.29 is 19.8 Å². The first-order valence-electron chi connectivity index (χ1n) is 7.11. The first kappa shape index (κ1) is 17.0. The van der Waals surface area contributed by atoms with Crippen molar-refractivity contribution in [3.8, 4) is 11.5 Å². The monoisotopic (exact) mass is 372 g/mol. The number of carbonyl (C=O) groups is 2. The highest BCUT2D eigenvalue weighted by Gasteiger charge is 2.33. The maximum absolute atomic E-state index is 12.5. The summed E-state index contributed by atoms with van der Waals surface area (Å²) >= 11 is 6.21. The molecule has 0 radical (unpaired) electrons. The van der Waals surface area contributed by atoms with Gasteiger partial charge in [-0.1, -0.05) is 30.0 Å². The van der Waals surface area contributed by atoms with Gasteiger partial charge in [-0.2, -0.15) is 5.01 Å². The van der Waals surface area contributed by atoms with E-state index in [1.54, 1.807) is 18.2 Å². The zero-order valence-corrected chi connectivity index (χ0v) is 14.3. The Hall–Kier alpha value is -2.84. The topological polar surface area (TPSA) is 89.9 Å². The van der Waals surface area contributed by atoms with E-state index in [0.717, 1.165) is 22.3 Å². The summed E-state index contributed by atoms with van der Waals surface area (Å²) in [7, 11) is 0. The van der Waals surface area contributed by atoms with Gasteiger partial charge in [0.25, 0.3) is 11.8 Å². The Morgan fingerprint density at radius 3 is 2.52 bits per heavy atom. The predicted molar refractivity (Wildman–Crippen MR) is 98.7 cm³/mol. The fourth-order valence-electron chi connectivity index (χ4n) is 2.10. The van der Waals surface area contributed by atoms with Gasteiger partial charge in [0.15, 0.2) is 4.32 Å². The van der Waals surface area contributed by atoms with Gasteiger partial charge in [-0.3, -0.25) is 15.0 Å². The van der Waals surface area contributed by atoms with Gasteiger partial charge in [-0.05, 0) is 54.2 Å². The van der Waals surface area contributed by atoms with Crippen LogP contribution in [0.25, 0.3) is 6.08 Å². The van der Waals surface area contributed by atoms with Crippen LogP contribution < -0.4 is 5.43 Å². The predicted octanol–water partition coefficient (Wildman–Crippen LogP) is 2.64. The molecular formula is C17H12N2O4S2. The number of carbonyl (C=O) groups excluding carboxylic acids is 2. The molecule has 1 saturated heterocycles. The molecule has 2 aromatic carbocycles. The summed E-state index contributed by atoms with van der Waals surface area (Å²) in [4.78, 5) is 25.0. The number of amides is 2. The van der Waals surface area contributed by atoms with E-state index < -0.39 is 11.8 Å². The Labute approximate surface area is 152 Å². The number of phenols is 2. The second-order valence-corrected chi connectivity index (χ2v) is 6.78. The highest BCUT2D eigenvalue weighted by Crippen LogP contribution is 2.31. The van der Waals surface area contributed by atoms with E-state index >= 15 is 0 Å². The van der Waals surface area contributed by atoms with Gasteiger partial charge in [-0.15, -0.1) is 0 Å². The molecule has 0 aromatic heterocycles. The molecule has 8 heteroatoms. The van der Waals surface area contributed by atoms with E-state index in [2.05, 4.69) is 5.43 Å². The lowest BCUT2D eigenvalue weighted by Gasteiger charge is -2.15. The third-order valence-corrected chi connectivity index (χ3v) is 4.61. The number of phenolic OH excluding ortho intramolecular Hbond substituents is 2. The molecule has 2 amide bonds. The number of hydrogen-bond donors (Lipinski definition) is 3. The smallest absolute Gasteiger partial charge is 0.285 e. The molecule has 0 aliphatic carbocycles. The molecule has 3 N–H and O–H groups in total. The van der Waals surface area contributed by atoms with E-state index in [-0.39, 0.29) is 21.4 Å². The molecule has 3 rings (SSSR count). The van der Waals surface area contributed by atoms with E-state index in [4.69, 9.17) is 12.2 Å². The summed E-state index contributed by atoms with van der Waals surface area (Å²) < 4.78 is 0.198. The van der Waals surface area contributed by atoms with Crippen molar-refractivity contribution in [3.05, 3.63) is 64.6 Å². The van der Waals surface area contributed by atoms with Crippen molar-refractivity contribution in [1.29, 1.82) is 0 Å². The Morgan fingerprint density at radius 1 is 1.12 bits per heavy atom. The Morgan fingerprint density at radius 2 is 1.84 bits per heavy atom. The van der Waals surface area contributed by atoms with Gasteiger partial charge in [0.1, 0.15) is 11.5 Å². The maximum atomic E-state index is 12.5. The molecule has 25 heavy (non-hydrogen) atoms. The van der Waals surface area contributed by atoms with Crippen molar-refractivity contribution in [3.63, 3.8) is 0 Å². The van der Waals surface area contributed by atoms with Crippen LogP contribution in [0.3, 0.4) is 0 Å². The summed E-state index contributed by atoms with van der Waals surface area (Å²) in [5.41, 5.74) is 3.36. The molecule has 0 spiro atoms. The second-order valence-electron chi connectivity index (χ2n) is 5.10. The molecule has 0 saturated carbocycles. The van der Waals surface area contributed by atoms with Crippen molar-refractivity contribution >= 4 is 46.2 Å². The lowest BCUT2D eigenvalue weighted by atomic mass is 10.2. The molecule has 0 atom stereocenters. The highest BCUT2D eigenvalue weighted by molar-refractivity contribution is 8.26. The number of hydrazine groups is 1. The number of nitrogens with zero attached hydrogens (tertiary/aromatic N) is 1. The Bertz CT molecular complexity index is 894. The third kappa shape index (κ3) is 3.81. The minimum Gasteiger partial charge on any atom is -0.508 e. The van der Waals surface area contributed by atoms with Crippen molar-refractivity contribution in [2.24, 2.45) is 0 Å². The first-order valence-corrected chi connectivity index (χ1v) is 8.33. The maximum Gasteiger partial charge on any atom is 0.285 e. The number of nitrogens with one attached hydrogen (secondary N) is 1. The molecule has 0 unspecified atom stereocenters. The summed E-state index contributed by atoms with van der Waals surface area (Å²) in [5, 5.41) is 19.7. The summed E-state index contributed by atoms with van der Waals surface area (Å²) in [6.07, 6.45) is 1.62. The minimum absolute atomic E-state index is 0.0507. The SMILES string of the molecule is O=C(NN1C(=O)/C(=C/c2ccc(O)cc2)SC1=S)c1cccc(O)c1. The van der Waals surface area contributed by atoms with Gasteiger partial charge in [0.2, 0.25) is 0 Å².